The largest absolute Gasteiger partial charge is 0.383 e. The molecule has 0 aliphatic rings. The van der Waals surface area contributed by atoms with Crippen molar-refractivity contribution in [1.29, 1.82) is 0 Å². The molecule has 1 heterocycles. The Labute approximate surface area is 102 Å². The molecular weight excluding hydrogens is 220 g/mol. The SMILES string of the molecule is CNC(COC)Cc1nc(C(C)(C)C)cs1. The predicted octanol–water partition coefficient (Wildman–Crippen LogP) is 2.22. The number of nitrogens with one attached hydrogen (secondary N) is 1. The van der Waals surface area contributed by atoms with Gasteiger partial charge in [0.25, 0.3) is 0 Å². The number of methoxy groups -OCH3 is 1. The van der Waals surface area contributed by atoms with Crippen molar-refractivity contribution < 1.29 is 4.74 Å². The van der Waals surface area contributed by atoms with E-state index in [9.17, 15) is 0 Å². The molecule has 1 atom stereocenters. The molecule has 0 fully saturated rings. The van der Waals surface area contributed by atoms with Crippen molar-refractivity contribution in [1.82, 2.24) is 10.3 Å². The number of nitrogens with zero attached hydrogens (tertiary/aromatic N) is 1. The summed E-state index contributed by atoms with van der Waals surface area (Å²) < 4.78 is 5.16. The van der Waals surface area contributed by atoms with Crippen LogP contribution in [0.3, 0.4) is 0 Å². The first kappa shape index (κ1) is 13.6. The van der Waals surface area contributed by atoms with Gasteiger partial charge >= 0.3 is 0 Å². The highest BCUT2D eigenvalue weighted by Gasteiger charge is 2.18. The van der Waals surface area contributed by atoms with Gasteiger partial charge in [-0.05, 0) is 7.05 Å². The van der Waals surface area contributed by atoms with E-state index in [0.29, 0.717) is 6.04 Å². The lowest BCUT2D eigenvalue weighted by Gasteiger charge is -2.15. The van der Waals surface area contributed by atoms with Gasteiger partial charge in [0.05, 0.1) is 17.3 Å². The molecule has 0 radical (unpaired) electrons. The van der Waals surface area contributed by atoms with Gasteiger partial charge in [-0.2, -0.15) is 0 Å². The van der Waals surface area contributed by atoms with E-state index in [1.807, 2.05) is 7.05 Å². The maximum absolute atomic E-state index is 5.16. The Balaban J connectivity index is 2.64. The van der Waals surface area contributed by atoms with Crippen molar-refractivity contribution in [3.63, 3.8) is 0 Å². The van der Waals surface area contributed by atoms with Crippen LogP contribution in [0.15, 0.2) is 5.38 Å². The van der Waals surface area contributed by atoms with Crippen molar-refractivity contribution in [2.75, 3.05) is 20.8 Å². The molecule has 1 unspecified atom stereocenters. The van der Waals surface area contributed by atoms with Gasteiger partial charge in [-0.1, -0.05) is 20.8 Å². The maximum Gasteiger partial charge on any atom is 0.0944 e. The number of likely N-dealkylation sites (N-methyl/N-ethyl adjacent to an activating group) is 1. The van der Waals surface area contributed by atoms with Crippen LogP contribution in [0.25, 0.3) is 0 Å². The maximum atomic E-state index is 5.16. The van der Waals surface area contributed by atoms with Crippen molar-refractivity contribution in [2.45, 2.75) is 38.6 Å². The van der Waals surface area contributed by atoms with Crippen LogP contribution >= 0.6 is 11.3 Å². The number of rotatable bonds is 5. The summed E-state index contributed by atoms with van der Waals surface area (Å²) >= 11 is 1.74. The third kappa shape index (κ3) is 3.85. The summed E-state index contributed by atoms with van der Waals surface area (Å²) in [6.45, 7) is 7.30. The number of hydrogen-bond donors (Lipinski definition) is 1. The summed E-state index contributed by atoms with van der Waals surface area (Å²) in [5, 5.41) is 6.58. The zero-order valence-corrected chi connectivity index (χ0v) is 11.6. The molecule has 1 aromatic heterocycles. The van der Waals surface area contributed by atoms with Crippen LogP contribution in [0.5, 0.6) is 0 Å². The Morgan fingerprint density at radius 3 is 2.62 bits per heavy atom. The second-order valence-corrected chi connectivity index (χ2v) is 5.96. The Bertz CT molecular complexity index is 317. The summed E-state index contributed by atoms with van der Waals surface area (Å²) in [4.78, 5) is 4.67. The Morgan fingerprint density at radius 1 is 1.50 bits per heavy atom. The van der Waals surface area contributed by atoms with Crippen LogP contribution in [0.1, 0.15) is 31.5 Å². The second-order valence-electron chi connectivity index (χ2n) is 5.02. The molecule has 4 heteroatoms. The fourth-order valence-corrected chi connectivity index (χ4v) is 2.51. The minimum absolute atomic E-state index is 0.144. The van der Waals surface area contributed by atoms with E-state index in [1.165, 1.54) is 10.7 Å². The minimum atomic E-state index is 0.144. The van der Waals surface area contributed by atoms with Gasteiger partial charge in [0.15, 0.2) is 0 Å². The quantitative estimate of drug-likeness (QED) is 0.859. The molecule has 0 saturated heterocycles. The van der Waals surface area contributed by atoms with Gasteiger partial charge in [-0.3, -0.25) is 0 Å². The molecule has 0 aliphatic carbocycles. The average Bonchev–Trinajstić information content (AvgIpc) is 2.65. The van der Waals surface area contributed by atoms with E-state index in [1.54, 1.807) is 18.4 Å². The fraction of sp³-hybridized carbons (Fsp3) is 0.750. The lowest BCUT2D eigenvalue weighted by Crippen LogP contribution is -2.32. The van der Waals surface area contributed by atoms with E-state index < -0.39 is 0 Å². The van der Waals surface area contributed by atoms with Crippen LogP contribution < -0.4 is 5.32 Å². The van der Waals surface area contributed by atoms with Crippen LogP contribution in [0, 0.1) is 0 Å². The summed E-state index contributed by atoms with van der Waals surface area (Å²) in [6, 6.07) is 0.351. The van der Waals surface area contributed by atoms with E-state index in [-0.39, 0.29) is 5.41 Å². The van der Waals surface area contributed by atoms with E-state index in [4.69, 9.17) is 4.74 Å². The van der Waals surface area contributed by atoms with Gasteiger partial charge in [0.2, 0.25) is 0 Å². The molecule has 0 aromatic carbocycles. The van der Waals surface area contributed by atoms with Gasteiger partial charge in [-0.15, -0.1) is 11.3 Å². The lowest BCUT2D eigenvalue weighted by atomic mass is 9.93. The Hall–Kier alpha value is -0.450. The van der Waals surface area contributed by atoms with Gasteiger partial charge in [0.1, 0.15) is 0 Å². The summed E-state index contributed by atoms with van der Waals surface area (Å²) in [6.07, 6.45) is 0.936. The third-order valence-corrected chi connectivity index (χ3v) is 3.39. The average molecular weight is 242 g/mol. The van der Waals surface area contributed by atoms with Crippen molar-refractivity contribution in [3.05, 3.63) is 16.1 Å². The number of aromatic nitrogens is 1. The molecule has 0 aliphatic heterocycles. The first-order chi connectivity index (χ1) is 7.47. The standard InChI is InChI=1S/C12H22N2OS/c1-12(2,3)10-8-16-11(14-10)6-9(13-4)7-15-5/h8-9,13H,6-7H2,1-5H3. The highest BCUT2D eigenvalue weighted by atomic mass is 32.1. The fourth-order valence-electron chi connectivity index (χ4n) is 1.41. The summed E-state index contributed by atoms with van der Waals surface area (Å²) in [5.74, 6) is 0. The van der Waals surface area contributed by atoms with Crippen molar-refractivity contribution in [2.24, 2.45) is 0 Å². The topological polar surface area (TPSA) is 34.1 Å². The Kier molecular flexibility index (Phi) is 4.89. The van der Waals surface area contributed by atoms with Crippen LogP contribution in [-0.2, 0) is 16.6 Å². The molecule has 0 saturated carbocycles. The molecule has 92 valence electrons. The number of ether oxygens (including phenoxy) is 1. The second kappa shape index (κ2) is 5.75. The van der Waals surface area contributed by atoms with Gasteiger partial charge < -0.3 is 10.1 Å². The van der Waals surface area contributed by atoms with E-state index in [2.05, 4.69) is 36.5 Å². The highest BCUT2D eigenvalue weighted by molar-refractivity contribution is 7.09. The molecule has 16 heavy (non-hydrogen) atoms. The summed E-state index contributed by atoms with van der Waals surface area (Å²) in [5.41, 5.74) is 1.32. The van der Waals surface area contributed by atoms with Crippen molar-refractivity contribution >= 4 is 11.3 Å². The van der Waals surface area contributed by atoms with E-state index in [0.717, 1.165) is 13.0 Å². The highest BCUT2D eigenvalue weighted by Crippen LogP contribution is 2.24. The number of hydrogen-bond acceptors (Lipinski definition) is 4. The first-order valence-corrected chi connectivity index (χ1v) is 6.46. The summed E-state index contributed by atoms with van der Waals surface area (Å²) in [7, 11) is 3.69. The molecular formula is C12H22N2OS. The molecule has 1 N–H and O–H groups in total. The first-order valence-electron chi connectivity index (χ1n) is 5.58. The Morgan fingerprint density at radius 2 is 2.19 bits per heavy atom. The molecule has 3 nitrogen and oxygen atoms in total. The monoisotopic (exact) mass is 242 g/mol. The smallest absolute Gasteiger partial charge is 0.0944 e. The molecule has 1 aromatic rings. The molecule has 0 amide bonds. The zero-order valence-electron chi connectivity index (χ0n) is 10.8. The molecule has 1 rings (SSSR count). The molecule has 0 spiro atoms. The molecule has 0 bridgehead atoms. The normalized spacial score (nSPS) is 14.1. The van der Waals surface area contributed by atoms with E-state index >= 15 is 0 Å². The minimum Gasteiger partial charge on any atom is -0.383 e. The number of thiazole rings is 1. The van der Waals surface area contributed by atoms with Crippen LogP contribution in [0.4, 0.5) is 0 Å². The predicted molar refractivity (Wildman–Crippen MR) is 69.2 cm³/mol. The van der Waals surface area contributed by atoms with Gasteiger partial charge in [0, 0.05) is 30.4 Å². The van der Waals surface area contributed by atoms with Crippen LogP contribution in [0.2, 0.25) is 0 Å². The lowest BCUT2D eigenvalue weighted by molar-refractivity contribution is 0.169. The van der Waals surface area contributed by atoms with Crippen LogP contribution in [-0.4, -0.2) is 31.8 Å². The zero-order chi connectivity index (χ0) is 12.2. The van der Waals surface area contributed by atoms with Crippen molar-refractivity contribution in [3.8, 4) is 0 Å². The van der Waals surface area contributed by atoms with Gasteiger partial charge in [-0.25, -0.2) is 4.98 Å². The third-order valence-electron chi connectivity index (χ3n) is 2.52.